The molecule has 0 fully saturated rings. The largest absolute Gasteiger partial charge is 0.508 e. The Morgan fingerprint density at radius 2 is 2.27 bits per heavy atom. The average molecular weight is 204 g/mol. The van der Waals surface area contributed by atoms with E-state index in [1.807, 2.05) is 25.4 Å². The summed E-state index contributed by atoms with van der Waals surface area (Å²) in [6, 6.07) is 5.46. The molecule has 1 aliphatic heterocycles. The van der Waals surface area contributed by atoms with E-state index in [1.165, 1.54) is 0 Å². The molecule has 0 aliphatic carbocycles. The second-order valence-corrected chi connectivity index (χ2v) is 3.78. The summed E-state index contributed by atoms with van der Waals surface area (Å²) in [6.45, 7) is 4.15. The molecule has 3 nitrogen and oxygen atoms in total. The summed E-state index contributed by atoms with van der Waals surface area (Å²) in [5.41, 5.74) is 2.22. The van der Waals surface area contributed by atoms with Gasteiger partial charge in [-0.1, -0.05) is 6.92 Å². The van der Waals surface area contributed by atoms with Gasteiger partial charge in [-0.3, -0.25) is 0 Å². The Hall–Kier alpha value is -1.64. The van der Waals surface area contributed by atoms with Gasteiger partial charge in [0, 0.05) is 18.1 Å². The van der Waals surface area contributed by atoms with Gasteiger partial charge in [-0.2, -0.15) is 0 Å². The van der Waals surface area contributed by atoms with Crippen molar-refractivity contribution in [3.05, 3.63) is 36.2 Å². The maximum atomic E-state index is 9.35. The standard InChI is InChI=1S/C12H16N2O/c1-3-12-13-6-7-14(12)11-5-4-10(15)8-9(11)2/h4-8,12-13,15H,3H2,1-2H3. The fourth-order valence-corrected chi connectivity index (χ4v) is 1.91. The van der Waals surface area contributed by atoms with E-state index in [2.05, 4.69) is 17.1 Å². The molecule has 1 atom stereocenters. The van der Waals surface area contributed by atoms with Crippen molar-refractivity contribution in [2.45, 2.75) is 26.4 Å². The molecule has 3 heteroatoms. The predicted octanol–water partition coefficient (Wildman–Crippen LogP) is 2.32. The maximum Gasteiger partial charge on any atom is 0.115 e. The Morgan fingerprint density at radius 3 is 2.93 bits per heavy atom. The van der Waals surface area contributed by atoms with Crippen LogP contribution in [0.1, 0.15) is 18.9 Å². The van der Waals surface area contributed by atoms with Crippen LogP contribution in [0, 0.1) is 6.92 Å². The molecule has 1 aliphatic rings. The number of phenols is 1. The zero-order valence-electron chi connectivity index (χ0n) is 9.07. The van der Waals surface area contributed by atoms with Crippen LogP contribution in [0.5, 0.6) is 5.75 Å². The van der Waals surface area contributed by atoms with Crippen LogP contribution in [-0.4, -0.2) is 11.3 Å². The molecule has 0 aromatic heterocycles. The molecule has 1 heterocycles. The molecule has 2 rings (SSSR count). The molecule has 80 valence electrons. The highest BCUT2D eigenvalue weighted by molar-refractivity contribution is 5.59. The number of aromatic hydroxyl groups is 1. The van der Waals surface area contributed by atoms with Crippen LogP contribution in [-0.2, 0) is 0 Å². The number of rotatable bonds is 2. The lowest BCUT2D eigenvalue weighted by Gasteiger charge is -2.26. The summed E-state index contributed by atoms with van der Waals surface area (Å²) in [5.74, 6) is 0.320. The summed E-state index contributed by atoms with van der Waals surface area (Å²) in [4.78, 5) is 2.19. The maximum absolute atomic E-state index is 9.35. The fourth-order valence-electron chi connectivity index (χ4n) is 1.91. The van der Waals surface area contributed by atoms with Crippen LogP contribution < -0.4 is 10.2 Å². The van der Waals surface area contributed by atoms with E-state index in [9.17, 15) is 5.11 Å². The molecule has 1 unspecified atom stereocenters. The number of aryl methyl sites for hydroxylation is 1. The Morgan fingerprint density at radius 1 is 1.47 bits per heavy atom. The number of benzene rings is 1. The van der Waals surface area contributed by atoms with Crippen molar-refractivity contribution in [1.82, 2.24) is 5.32 Å². The first-order chi connectivity index (χ1) is 7.22. The minimum Gasteiger partial charge on any atom is -0.508 e. The van der Waals surface area contributed by atoms with Gasteiger partial charge in [-0.15, -0.1) is 0 Å². The lowest BCUT2D eigenvalue weighted by molar-refractivity contribution is 0.474. The Labute approximate surface area is 90.0 Å². The third kappa shape index (κ3) is 1.77. The second kappa shape index (κ2) is 3.85. The van der Waals surface area contributed by atoms with Gasteiger partial charge in [0.15, 0.2) is 0 Å². The number of anilines is 1. The van der Waals surface area contributed by atoms with Gasteiger partial charge < -0.3 is 15.3 Å². The van der Waals surface area contributed by atoms with Gasteiger partial charge >= 0.3 is 0 Å². The average Bonchev–Trinajstić information content (AvgIpc) is 2.65. The van der Waals surface area contributed by atoms with E-state index in [-0.39, 0.29) is 0 Å². The molecule has 0 saturated heterocycles. The first-order valence-corrected chi connectivity index (χ1v) is 5.23. The third-order valence-corrected chi connectivity index (χ3v) is 2.70. The first-order valence-electron chi connectivity index (χ1n) is 5.23. The number of nitrogens with one attached hydrogen (secondary N) is 1. The highest BCUT2D eigenvalue weighted by Gasteiger charge is 2.19. The minimum atomic E-state index is 0.320. The van der Waals surface area contributed by atoms with E-state index < -0.39 is 0 Å². The lowest BCUT2D eigenvalue weighted by Crippen LogP contribution is -2.34. The SMILES string of the molecule is CCC1NC=CN1c1ccc(O)cc1C. The predicted molar refractivity (Wildman–Crippen MR) is 61.7 cm³/mol. The van der Waals surface area contributed by atoms with Crippen LogP contribution in [0.15, 0.2) is 30.6 Å². The molecule has 0 radical (unpaired) electrons. The Balaban J connectivity index is 2.32. The van der Waals surface area contributed by atoms with E-state index in [4.69, 9.17) is 0 Å². The number of hydrogen-bond acceptors (Lipinski definition) is 3. The van der Waals surface area contributed by atoms with Gasteiger partial charge in [0.1, 0.15) is 11.9 Å². The summed E-state index contributed by atoms with van der Waals surface area (Å²) < 4.78 is 0. The van der Waals surface area contributed by atoms with E-state index in [0.717, 1.165) is 17.7 Å². The number of hydrogen-bond donors (Lipinski definition) is 2. The highest BCUT2D eigenvalue weighted by atomic mass is 16.3. The van der Waals surface area contributed by atoms with Gasteiger partial charge in [0.05, 0.1) is 0 Å². The van der Waals surface area contributed by atoms with E-state index in [1.54, 1.807) is 12.1 Å². The molecular weight excluding hydrogens is 188 g/mol. The van der Waals surface area contributed by atoms with Crippen LogP contribution in [0.3, 0.4) is 0 Å². The Kier molecular flexibility index (Phi) is 2.54. The van der Waals surface area contributed by atoms with E-state index in [0.29, 0.717) is 11.9 Å². The van der Waals surface area contributed by atoms with Crippen molar-refractivity contribution < 1.29 is 5.11 Å². The first kappa shape index (κ1) is 9.90. The number of nitrogens with zero attached hydrogens (tertiary/aromatic N) is 1. The molecule has 0 bridgehead atoms. The van der Waals surface area contributed by atoms with Crippen molar-refractivity contribution >= 4 is 5.69 Å². The van der Waals surface area contributed by atoms with Gasteiger partial charge in [0.25, 0.3) is 0 Å². The molecule has 2 N–H and O–H groups in total. The highest BCUT2D eigenvalue weighted by Crippen LogP contribution is 2.27. The van der Waals surface area contributed by atoms with E-state index >= 15 is 0 Å². The molecule has 0 amide bonds. The lowest BCUT2D eigenvalue weighted by atomic mass is 10.1. The summed E-state index contributed by atoms with van der Waals surface area (Å²) >= 11 is 0. The zero-order chi connectivity index (χ0) is 10.8. The van der Waals surface area contributed by atoms with Crippen molar-refractivity contribution in [3.63, 3.8) is 0 Å². The summed E-state index contributed by atoms with van der Waals surface area (Å²) in [6.07, 6.45) is 5.36. The van der Waals surface area contributed by atoms with Crippen molar-refractivity contribution in [3.8, 4) is 5.75 Å². The molecule has 0 saturated carbocycles. The topological polar surface area (TPSA) is 35.5 Å². The molecule has 1 aromatic rings. The zero-order valence-corrected chi connectivity index (χ0v) is 9.07. The summed E-state index contributed by atoms with van der Waals surface area (Å²) in [7, 11) is 0. The molecule has 15 heavy (non-hydrogen) atoms. The van der Waals surface area contributed by atoms with Crippen LogP contribution >= 0.6 is 0 Å². The molecule has 1 aromatic carbocycles. The van der Waals surface area contributed by atoms with Gasteiger partial charge in [-0.25, -0.2) is 0 Å². The molecular formula is C12H16N2O. The number of phenolic OH excluding ortho intramolecular Hbond substituents is 1. The smallest absolute Gasteiger partial charge is 0.115 e. The Bertz CT molecular complexity index is 387. The van der Waals surface area contributed by atoms with Crippen molar-refractivity contribution in [1.29, 1.82) is 0 Å². The normalized spacial score (nSPS) is 19.3. The molecule has 0 spiro atoms. The van der Waals surface area contributed by atoms with Crippen LogP contribution in [0.25, 0.3) is 0 Å². The van der Waals surface area contributed by atoms with Crippen molar-refractivity contribution in [2.75, 3.05) is 4.90 Å². The fraction of sp³-hybridized carbons (Fsp3) is 0.333. The van der Waals surface area contributed by atoms with Crippen LogP contribution in [0.4, 0.5) is 5.69 Å². The van der Waals surface area contributed by atoms with Crippen molar-refractivity contribution in [2.24, 2.45) is 0 Å². The summed E-state index contributed by atoms with van der Waals surface area (Å²) in [5, 5.41) is 12.6. The third-order valence-electron chi connectivity index (χ3n) is 2.70. The van der Waals surface area contributed by atoms with Gasteiger partial charge in [-0.05, 0) is 37.1 Å². The quantitative estimate of drug-likeness (QED) is 0.776. The van der Waals surface area contributed by atoms with Crippen LogP contribution in [0.2, 0.25) is 0 Å². The second-order valence-electron chi connectivity index (χ2n) is 3.78. The monoisotopic (exact) mass is 204 g/mol. The minimum absolute atomic E-state index is 0.320. The van der Waals surface area contributed by atoms with Gasteiger partial charge in [0.2, 0.25) is 0 Å².